The molecule has 1 saturated carbocycles. The lowest BCUT2D eigenvalue weighted by Crippen LogP contribution is -2.66. The lowest BCUT2D eigenvalue weighted by molar-refractivity contribution is -0.123. The maximum Gasteiger partial charge on any atom is 0.340 e. The Morgan fingerprint density at radius 3 is 2.51 bits per heavy atom. The van der Waals surface area contributed by atoms with Crippen LogP contribution in [0, 0.1) is 5.92 Å². The molecule has 4 aromatic carbocycles. The molecule has 11 rings (SSSR count). The molecule has 2 spiro atoms. The van der Waals surface area contributed by atoms with Crippen LogP contribution in [0.25, 0.3) is 0 Å². The Labute approximate surface area is 353 Å². The Morgan fingerprint density at radius 2 is 1.72 bits per heavy atom. The second-order valence-electron chi connectivity index (χ2n) is 16.5. The van der Waals surface area contributed by atoms with Crippen molar-refractivity contribution in [3.63, 3.8) is 0 Å². The summed E-state index contributed by atoms with van der Waals surface area (Å²) in [6.45, 7) is 1.20. The summed E-state index contributed by atoms with van der Waals surface area (Å²) in [6.07, 6.45) is 2.66. The molecular weight excluding hydrogens is 806 g/mol. The number of esters is 1. The van der Waals surface area contributed by atoms with E-state index in [0.29, 0.717) is 57.8 Å². The van der Waals surface area contributed by atoms with Crippen molar-refractivity contribution >= 4 is 41.1 Å². The van der Waals surface area contributed by atoms with Crippen molar-refractivity contribution in [3.05, 3.63) is 105 Å². The van der Waals surface area contributed by atoms with E-state index in [1.807, 2.05) is 6.07 Å². The van der Waals surface area contributed by atoms with Crippen molar-refractivity contribution < 1.29 is 43.9 Å². The first-order valence-corrected chi connectivity index (χ1v) is 20.7. The summed E-state index contributed by atoms with van der Waals surface area (Å²) in [5.74, 6) is 1.39. The topological polar surface area (TPSA) is 210 Å². The number of aliphatic hydroxyl groups is 1. The van der Waals surface area contributed by atoms with Gasteiger partial charge >= 0.3 is 5.97 Å². The molecule has 1 saturated heterocycles. The molecule has 2 fully saturated rings. The van der Waals surface area contributed by atoms with Gasteiger partial charge in [0.15, 0.2) is 23.7 Å². The number of aliphatic hydroxyl groups excluding tert-OH is 1. The van der Waals surface area contributed by atoms with Gasteiger partial charge in [-0.15, -0.1) is 0 Å². The first kappa shape index (κ1) is 37.6. The van der Waals surface area contributed by atoms with E-state index in [1.54, 1.807) is 30.3 Å². The van der Waals surface area contributed by atoms with Crippen LogP contribution >= 0.6 is 11.6 Å². The number of likely N-dealkylation sites (tertiary alicyclic amines) is 1. The van der Waals surface area contributed by atoms with Gasteiger partial charge < -0.3 is 55.1 Å². The van der Waals surface area contributed by atoms with Crippen LogP contribution in [0.3, 0.4) is 0 Å². The molecule has 61 heavy (non-hydrogen) atoms. The molecule has 312 valence electrons. The lowest BCUT2D eigenvalue weighted by atomic mass is 9.51. The predicted octanol–water partition coefficient (Wildman–Crippen LogP) is 4.88. The van der Waals surface area contributed by atoms with E-state index >= 15 is 0 Å². The Kier molecular flexibility index (Phi) is 8.54. The van der Waals surface area contributed by atoms with E-state index in [4.69, 9.17) is 30.5 Å². The van der Waals surface area contributed by atoms with E-state index in [1.165, 1.54) is 35.4 Å². The maximum absolute atomic E-state index is 13.4. The lowest BCUT2D eigenvalue weighted by Gasteiger charge is -2.58. The molecule has 1 aromatic heterocycles. The van der Waals surface area contributed by atoms with Gasteiger partial charge in [0.1, 0.15) is 29.1 Å². The quantitative estimate of drug-likeness (QED) is 0.0863. The van der Waals surface area contributed by atoms with Crippen LogP contribution in [-0.2, 0) is 27.0 Å². The number of aromatic hydroxyl groups is 2. The van der Waals surface area contributed by atoms with Crippen molar-refractivity contribution in [2.24, 2.45) is 5.92 Å². The minimum atomic E-state index is -1.46. The normalized spacial score (nSPS) is 24.3. The summed E-state index contributed by atoms with van der Waals surface area (Å²) in [5, 5.41) is 40.6. The van der Waals surface area contributed by atoms with Gasteiger partial charge in [0.2, 0.25) is 17.2 Å². The Morgan fingerprint density at radius 1 is 0.951 bits per heavy atom. The summed E-state index contributed by atoms with van der Waals surface area (Å²) < 4.78 is 24.9. The molecule has 17 heteroatoms. The van der Waals surface area contributed by atoms with E-state index in [2.05, 4.69) is 48.9 Å². The molecule has 5 aromatic rings. The Hall–Kier alpha value is -6.36. The number of fused-ring (bicyclic) bond motifs is 6. The number of rotatable bonds is 9. The number of benzene rings is 4. The third kappa shape index (κ3) is 5.76. The highest BCUT2D eigenvalue weighted by Gasteiger charge is 2.65. The van der Waals surface area contributed by atoms with Crippen molar-refractivity contribution in [1.29, 1.82) is 0 Å². The fourth-order valence-electron chi connectivity index (χ4n) is 10.8. The second-order valence-corrected chi connectivity index (χ2v) is 16.8. The molecule has 0 unspecified atom stereocenters. The monoisotopic (exact) mass is 845 g/mol. The number of amides is 1. The van der Waals surface area contributed by atoms with Gasteiger partial charge in [-0.05, 0) is 111 Å². The van der Waals surface area contributed by atoms with E-state index in [-0.39, 0.29) is 77.3 Å². The fourth-order valence-corrected chi connectivity index (χ4v) is 10.9. The molecule has 16 nitrogen and oxygen atoms in total. The van der Waals surface area contributed by atoms with Gasteiger partial charge in [-0.1, -0.05) is 6.07 Å². The zero-order chi connectivity index (χ0) is 41.8. The van der Waals surface area contributed by atoms with Gasteiger partial charge in [-0.3, -0.25) is 4.79 Å². The molecule has 5 atom stereocenters. The number of piperidine rings is 1. The van der Waals surface area contributed by atoms with Crippen LogP contribution in [0.2, 0.25) is 5.28 Å². The molecule has 4 aliphatic heterocycles. The third-order valence-corrected chi connectivity index (χ3v) is 13.4. The number of aromatic nitrogens is 3. The van der Waals surface area contributed by atoms with Crippen molar-refractivity contribution in [2.45, 2.75) is 54.9 Å². The standard InChI is InChI=1S/C44H40ClN7O9/c1-52-15-12-43-26-9-10-31(55)38(43)60-37-32(11-2-21(36(37)43)16-30(26)52)58-20-35(56)46-13-14-47-41-49-40(45)50-42(51-41)48-22-3-6-25-29(17-22)44(61-39(25)57)27-7-4-23(53)18-33(27)59-34-19-24(54)5-8-28(34)44/h2-8,11,17-19,26,30-31,38,53-55H,9-10,12-16,20H2,1H3,(H,46,56)(H2,47,48,49,50,51)/t26-,30+,31-,38-,43-/m0/s1. The number of anilines is 3. The van der Waals surface area contributed by atoms with Gasteiger partial charge in [0, 0.05) is 64.6 Å². The average Bonchev–Trinajstić information content (AvgIpc) is 3.73. The molecule has 6 N–H and O–H groups in total. The molecule has 6 aliphatic rings. The van der Waals surface area contributed by atoms with Gasteiger partial charge in [0.05, 0.1) is 11.7 Å². The molecule has 2 aliphatic carbocycles. The summed E-state index contributed by atoms with van der Waals surface area (Å²) >= 11 is 6.32. The fraction of sp³-hybridized carbons (Fsp3) is 0.341. The number of ether oxygens (including phenoxy) is 4. The van der Waals surface area contributed by atoms with Gasteiger partial charge in [-0.25, -0.2) is 4.79 Å². The molecule has 5 heterocycles. The smallest absolute Gasteiger partial charge is 0.340 e. The highest BCUT2D eigenvalue weighted by Crippen LogP contribution is 2.64. The maximum atomic E-state index is 13.4. The number of carbonyl (C=O) groups is 2. The van der Waals surface area contributed by atoms with Crippen LogP contribution in [-0.4, -0.2) is 98.6 Å². The van der Waals surface area contributed by atoms with Crippen molar-refractivity contribution in [2.75, 3.05) is 43.9 Å². The van der Waals surface area contributed by atoms with E-state index in [9.17, 15) is 24.9 Å². The highest BCUT2D eigenvalue weighted by molar-refractivity contribution is 6.28. The van der Waals surface area contributed by atoms with Crippen molar-refractivity contribution in [3.8, 4) is 34.5 Å². The number of carbonyl (C=O) groups excluding carboxylic acids is 2. The Balaban J connectivity index is 0.758. The number of phenols is 2. The summed E-state index contributed by atoms with van der Waals surface area (Å²) in [7, 11) is 2.20. The summed E-state index contributed by atoms with van der Waals surface area (Å²) in [5.41, 5.74) is 2.99. The first-order valence-electron chi connectivity index (χ1n) is 20.3. The minimum absolute atomic E-state index is 0.0486. The minimum Gasteiger partial charge on any atom is -0.508 e. The predicted molar refractivity (Wildman–Crippen MR) is 219 cm³/mol. The summed E-state index contributed by atoms with van der Waals surface area (Å²) in [4.78, 5) is 41.7. The highest BCUT2D eigenvalue weighted by atomic mass is 35.5. The van der Waals surface area contributed by atoms with Gasteiger partial charge in [-0.2, -0.15) is 15.0 Å². The van der Waals surface area contributed by atoms with Crippen LogP contribution < -0.4 is 30.2 Å². The largest absolute Gasteiger partial charge is 0.508 e. The number of hydrogen-bond acceptors (Lipinski definition) is 15. The molecular formula is C44H40ClN7O9. The molecule has 0 radical (unpaired) electrons. The van der Waals surface area contributed by atoms with Crippen LogP contribution in [0.4, 0.5) is 17.6 Å². The Bertz CT molecular complexity index is 2630. The number of nitrogens with zero attached hydrogens (tertiary/aromatic N) is 4. The number of nitrogens with one attached hydrogen (secondary N) is 3. The third-order valence-electron chi connectivity index (χ3n) is 13.3. The van der Waals surface area contributed by atoms with Crippen LogP contribution in [0.5, 0.6) is 34.5 Å². The van der Waals surface area contributed by atoms with Crippen LogP contribution in [0.15, 0.2) is 66.7 Å². The average molecular weight is 846 g/mol. The SMILES string of the molecule is CN1CC[C@]23c4c5ccc(OCC(=O)NCCNc6nc(Cl)nc(Nc7ccc8c(c7)C7(OC8=O)c8ccc(O)cc8Oc8cc(O)ccc87)n6)c4O[C@H]2[C@@H](O)CC[C@H]3[C@H]1C5. The zero-order valence-electron chi connectivity index (χ0n) is 32.8. The van der Waals surface area contributed by atoms with Crippen LogP contribution in [0.1, 0.15) is 57.4 Å². The van der Waals surface area contributed by atoms with Gasteiger partial charge in [0.25, 0.3) is 5.91 Å². The van der Waals surface area contributed by atoms with Crippen molar-refractivity contribution in [1.82, 2.24) is 25.2 Å². The summed E-state index contributed by atoms with van der Waals surface area (Å²) in [6, 6.07) is 18.5. The number of hydrogen-bond donors (Lipinski definition) is 6. The number of phenolic OH excluding ortho intramolecular Hbond substituents is 2. The molecule has 1 amide bonds. The van der Waals surface area contributed by atoms with E-state index < -0.39 is 17.7 Å². The van der Waals surface area contributed by atoms with E-state index in [0.717, 1.165) is 25.8 Å². The number of likely N-dealkylation sites (N-methyl/N-ethyl adjacent to an activating group) is 1. The zero-order valence-corrected chi connectivity index (χ0v) is 33.5. The first-order chi connectivity index (χ1) is 29.5. The second kappa shape index (κ2) is 13.8. The number of halogens is 1. The molecule has 2 bridgehead atoms.